The van der Waals surface area contributed by atoms with Crippen LogP contribution in [0, 0.1) is 0 Å². The van der Waals surface area contributed by atoms with Gasteiger partial charge in [0, 0.05) is 18.4 Å². The number of carbonyl (C=O) groups is 2. The number of alkyl halides is 6. The van der Waals surface area contributed by atoms with E-state index in [2.05, 4.69) is 20.8 Å². The van der Waals surface area contributed by atoms with Crippen LogP contribution in [0.4, 0.5) is 26.3 Å². The van der Waals surface area contributed by atoms with Gasteiger partial charge in [-0.05, 0) is 6.92 Å². The van der Waals surface area contributed by atoms with E-state index < -0.39 is 55.6 Å². The minimum absolute atomic E-state index is 0.127. The highest BCUT2D eigenvalue weighted by molar-refractivity contribution is 5.87. The van der Waals surface area contributed by atoms with Crippen LogP contribution in [0.3, 0.4) is 0 Å². The predicted molar refractivity (Wildman–Crippen MR) is 60.8 cm³/mol. The first-order chi connectivity index (χ1) is 10.3. The van der Waals surface area contributed by atoms with E-state index in [1.807, 2.05) is 0 Å². The van der Waals surface area contributed by atoms with E-state index in [-0.39, 0.29) is 5.57 Å². The average molecular weight is 350 g/mol. The van der Waals surface area contributed by atoms with Crippen molar-refractivity contribution in [2.75, 3.05) is 6.61 Å². The largest absolute Gasteiger partial charge is 0.454 e. The molecule has 132 valence electrons. The summed E-state index contributed by atoms with van der Waals surface area (Å²) in [7, 11) is 0. The Hall–Kier alpha value is -1.78. The third-order valence-corrected chi connectivity index (χ3v) is 2.81. The van der Waals surface area contributed by atoms with E-state index >= 15 is 0 Å². The van der Waals surface area contributed by atoms with Crippen LogP contribution in [0.2, 0.25) is 0 Å². The molecule has 0 saturated carbocycles. The Bertz CT molecular complexity index is 497. The Morgan fingerprint density at radius 2 is 1.83 bits per heavy atom. The van der Waals surface area contributed by atoms with E-state index in [9.17, 15) is 35.9 Å². The van der Waals surface area contributed by atoms with Crippen LogP contribution in [0.25, 0.3) is 0 Å². The normalized spacial score (nSPS) is 25.1. The molecule has 0 aromatic carbocycles. The molecule has 0 radical (unpaired) electrons. The molecule has 0 aromatic rings. The van der Waals surface area contributed by atoms with Crippen LogP contribution in [-0.2, 0) is 23.8 Å². The van der Waals surface area contributed by atoms with Gasteiger partial charge in [0.15, 0.2) is 6.61 Å². The van der Waals surface area contributed by atoms with Crippen molar-refractivity contribution in [1.82, 2.24) is 0 Å². The van der Waals surface area contributed by atoms with Gasteiger partial charge in [-0.25, -0.2) is 9.59 Å². The van der Waals surface area contributed by atoms with Gasteiger partial charge in [-0.2, -0.15) is 26.3 Å². The summed E-state index contributed by atoms with van der Waals surface area (Å²) in [5, 5.41) is 0. The zero-order valence-corrected chi connectivity index (χ0v) is 11.7. The Morgan fingerprint density at radius 3 is 2.26 bits per heavy atom. The molecule has 2 atom stereocenters. The molecule has 0 spiro atoms. The molecule has 23 heavy (non-hydrogen) atoms. The van der Waals surface area contributed by atoms with Gasteiger partial charge in [-0.15, -0.1) is 0 Å². The zero-order valence-electron chi connectivity index (χ0n) is 11.7. The van der Waals surface area contributed by atoms with Crippen molar-refractivity contribution in [1.29, 1.82) is 0 Å². The third-order valence-electron chi connectivity index (χ3n) is 2.81. The maximum absolute atomic E-state index is 13.1. The van der Waals surface area contributed by atoms with Crippen LogP contribution in [0.1, 0.15) is 19.8 Å². The molecule has 1 rings (SSSR count). The van der Waals surface area contributed by atoms with Crippen molar-refractivity contribution in [3.05, 3.63) is 12.2 Å². The molecule has 0 aromatic heterocycles. The first kappa shape index (κ1) is 19.3. The van der Waals surface area contributed by atoms with Crippen molar-refractivity contribution in [2.24, 2.45) is 0 Å². The molecule has 1 fully saturated rings. The lowest BCUT2D eigenvalue weighted by Crippen LogP contribution is -2.53. The molecular formula is C12H12F6O5. The van der Waals surface area contributed by atoms with Crippen molar-refractivity contribution < 1.29 is 50.1 Å². The fourth-order valence-electron chi connectivity index (χ4n) is 1.70. The SMILES string of the molecule is C=C(C)C(=O)OC1CCC(C(=O)OCC(F)(F)F)(C(F)(F)F)O1. The molecule has 0 bridgehead atoms. The van der Waals surface area contributed by atoms with E-state index in [1.165, 1.54) is 6.92 Å². The first-order valence-electron chi connectivity index (χ1n) is 6.13. The maximum atomic E-state index is 13.1. The quantitative estimate of drug-likeness (QED) is 0.443. The Morgan fingerprint density at radius 1 is 1.26 bits per heavy atom. The molecule has 0 N–H and O–H groups in total. The molecular weight excluding hydrogens is 338 g/mol. The van der Waals surface area contributed by atoms with Gasteiger partial charge < -0.3 is 14.2 Å². The molecule has 1 aliphatic heterocycles. The van der Waals surface area contributed by atoms with Crippen LogP contribution >= 0.6 is 0 Å². The minimum Gasteiger partial charge on any atom is -0.454 e. The van der Waals surface area contributed by atoms with Crippen LogP contribution in [-0.4, -0.2) is 42.8 Å². The number of ether oxygens (including phenoxy) is 3. The number of hydrogen-bond acceptors (Lipinski definition) is 5. The van der Waals surface area contributed by atoms with Gasteiger partial charge in [0.2, 0.25) is 6.29 Å². The lowest BCUT2D eigenvalue weighted by Gasteiger charge is -2.29. The summed E-state index contributed by atoms with van der Waals surface area (Å²) < 4.78 is 87.8. The summed E-state index contributed by atoms with van der Waals surface area (Å²) >= 11 is 0. The van der Waals surface area contributed by atoms with E-state index in [0.29, 0.717) is 0 Å². The molecule has 1 heterocycles. The van der Waals surface area contributed by atoms with Crippen molar-refractivity contribution in [3.63, 3.8) is 0 Å². The predicted octanol–water partition coefficient (Wildman–Crippen LogP) is 2.65. The molecule has 5 nitrogen and oxygen atoms in total. The Labute approximate surface area is 126 Å². The Balaban J connectivity index is 2.88. The fraction of sp³-hybridized carbons (Fsp3) is 0.667. The molecule has 0 amide bonds. The van der Waals surface area contributed by atoms with Gasteiger partial charge in [-0.1, -0.05) is 6.58 Å². The summed E-state index contributed by atoms with van der Waals surface area (Å²) in [6.07, 6.45) is -13.7. The van der Waals surface area contributed by atoms with Crippen molar-refractivity contribution in [2.45, 2.75) is 44.0 Å². The molecule has 0 aliphatic carbocycles. The summed E-state index contributed by atoms with van der Waals surface area (Å²) in [6.45, 7) is 2.24. The van der Waals surface area contributed by atoms with Crippen LogP contribution in [0.5, 0.6) is 0 Å². The summed E-state index contributed by atoms with van der Waals surface area (Å²) in [4.78, 5) is 22.7. The van der Waals surface area contributed by atoms with Gasteiger partial charge >= 0.3 is 24.3 Å². The molecule has 2 unspecified atom stereocenters. The van der Waals surface area contributed by atoms with E-state index in [1.54, 1.807) is 0 Å². The van der Waals surface area contributed by atoms with Gasteiger partial charge in [0.1, 0.15) is 0 Å². The summed E-state index contributed by atoms with van der Waals surface area (Å²) in [5.74, 6) is -3.30. The molecule has 1 aliphatic rings. The number of rotatable bonds is 4. The topological polar surface area (TPSA) is 61.8 Å². The maximum Gasteiger partial charge on any atom is 0.428 e. The monoisotopic (exact) mass is 350 g/mol. The van der Waals surface area contributed by atoms with Crippen LogP contribution in [0.15, 0.2) is 12.2 Å². The average Bonchev–Trinajstić information content (AvgIpc) is 2.79. The fourth-order valence-corrected chi connectivity index (χ4v) is 1.70. The lowest BCUT2D eigenvalue weighted by molar-refractivity contribution is -0.293. The highest BCUT2D eigenvalue weighted by Crippen LogP contribution is 2.45. The molecule has 1 saturated heterocycles. The summed E-state index contributed by atoms with van der Waals surface area (Å²) in [5.41, 5.74) is -3.74. The molecule has 11 heteroatoms. The number of hydrogen-bond donors (Lipinski definition) is 0. The highest BCUT2D eigenvalue weighted by atomic mass is 19.4. The Kier molecular flexibility index (Phi) is 5.34. The van der Waals surface area contributed by atoms with Gasteiger partial charge in [0.25, 0.3) is 5.60 Å². The lowest BCUT2D eigenvalue weighted by atomic mass is 10.00. The third kappa shape index (κ3) is 4.60. The van der Waals surface area contributed by atoms with Crippen molar-refractivity contribution >= 4 is 11.9 Å². The number of carbonyl (C=O) groups excluding carboxylic acids is 2. The number of halogens is 6. The van der Waals surface area contributed by atoms with Crippen LogP contribution < -0.4 is 0 Å². The highest BCUT2D eigenvalue weighted by Gasteiger charge is 2.67. The second-order valence-electron chi connectivity index (χ2n) is 4.79. The second-order valence-corrected chi connectivity index (χ2v) is 4.79. The zero-order chi connectivity index (χ0) is 18.1. The number of esters is 2. The van der Waals surface area contributed by atoms with Crippen molar-refractivity contribution in [3.8, 4) is 0 Å². The van der Waals surface area contributed by atoms with E-state index in [0.717, 1.165) is 0 Å². The second kappa shape index (κ2) is 6.38. The first-order valence-corrected chi connectivity index (χ1v) is 6.13. The van der Waals surface area contributed by atoms with Gasteiger partial charge in [-0.3, -0.25) is 0 Å². The van der Waals surface area contributed by atoms with E-state index in [4.69, 9.17) is 0 Å². The summed E-state index contributed by atoms with van der Waals surface area (Å²) in [6, 6.07) is 0. The standard InChI is InChI=1S/C12H12F6O5/c1-6(2)8(19)22-7-3-4-10(23-7,12(16,17)18)9(20)21-5-11(13,14)15/h7H,1,3-5H2,2H3. The minimum atomic E-state index is -5.35. The van der Waals surface area contributed by atoms with Gasteiger partial charge in [0.05, 0.1) is 0 Å². The smallest absolute Gasteiger partial charge is 0.428 e.